The van der Waals surface area contributed by atoms with Gasteiger partial charge < -0.3 is 10.6 Å². The molecule has 3 N–H and O–H groups in total. The van der Waals surface area contributed by atoms with Crippen LogP contribution in [0.2, 0.25) is 0 Å². The lowest BCUT2D eigenvalue weighted by Gasteiger charge is -2.28. The molecule has 2 bridgehead atoms. The van der Waals surface area contributed by atoms with Crippen molar-refractivity contribution in [2.45, 2.75) is 50.7 Å². The van der Waals surface area contributed by atoms with Crippen molar-refractivity contribution in [1.82, 2.24) is 31.3 Å². The molecule has 1 aromatic heterocycles. The first-order valence-corrected chi connectivity index (χ1v) is 6.54. The van der Waals surface area contributed by atoms with Crippen LogP contribution in [0.15, 0.2) is 0 Å². The van der Waals surface area contributed by atoms with Crippen LogP contribution in [0, 0.1) is 5.92 Å². The third-order valence-corrected chi connectivity index (χ3v) is 3.88. The highest BCUT2D eigenvalue weighted by Gasteiger charge is 2.34. The molecule has 98 valence electrons. The van der Waals surface area contributed by atoms with E-state index in [-0.39, 0.29) is 5.91 Å². The zero-order chi connectivity index (χ0) is 12.4. The van der Waals surface area contributed by atoms with Crippen LogP contribution in [-0.2, 0) is 11.3 Å². The fourth-order valence-corrected chi connectivity index (χ4v) is 3.11. The number of fused-ring (bicyclic) bond motifs is 2. The first-order chi connectivity index (χ1) is 8.79. The van der Waals surface area contributed by atoms with Gasteiger partial charge in [0, 0.05) is 18.5 Å². The SMILES string of the molecule is O=C(CC1CC2CCC(C1)N2)NCc1nn[nH]n1. The van der Waals surface area contributed by atoms with E-state index in [1.807, 2.05) is 0 Å². The minimum absolute atomic E-state index is 0.0890. The van der Waals surface area contributed by atoms with Crippen LogP contribution in [0.25, 0.3) is 0 Å². The summed E-state index contributed by atoms with van der Waals surface area (Å²) < 4.78 is 0. The van der Waals surface area contributed by atoms with Gasteiger partial charge in [-0.3, -0.25) is 4.79 Å². The predicted octanol–water partition coefficient (Wildman–Crippen LogP) is -0.263. The molecular weight excluding hydrogens is 232 g/mol. The molecule has 3 heterocycles. The van der Waals surface area contributed by atoms with Crippen molar-refractivity contribution < 1.29 is 4.79 Å². The molecule has 0 radical (unpaired) electrons. The van der Waals surface area contributed by atoms with Gasteiger partial charge in [-0.05, 0) is 31.6 Å². The third kappa shape index (κ3) is 2.66. The Morgan fingerprint density at radius 1 is 1.33 bits per heavy atom. The van der Waals surface area contributed by atoms with E-state index >= 15 is 0 Å². The average Bonchev–Trinajstić information content (AvgIpc) is 2.97. The van der Waals surface area contributed by atoms with E-state index in [1.165, 1.54) is 12.8 Å². The molecule has 2 fully saturated rings. The Labute approximate surface area is 105 Å². The largest absolute Gasteiger partial charge is 0.349 e. The number of rotatable bonds is 4. The summed E-state index contributed by atoms with van der Waals surface area (Å²) in [5, 5.41) is 19.8. The Morgan fingerprint density at radius 3 is 2.78 bits per heavy atom. The number of hydrogen-bond acceptors (Lipinski definition) is 5. The normalized spacial score (nSPS) is 30.3. The Hall–Kier alpha value is -1.50. The molecule has 0 aromatic carbocycles. The second-order valence-electron chi connectivity index (χ2n) is 5.28. The molecular formula is C11H18N6O. The van der Waals surface area contributed by atoms with Crippen LogP contribution < -0.4 is 10.6 Å². The fourth-order valence-electron chi connectivity index (χ4n) is 3.11. The zero-order valence-electron chi connectivity index (χ0n) is 10.2. The molecule has 0 saturated carbocycles. The van der Waals surface area contributed by atoms with Crippen molar-refractivity contribution in [3.63, 3.8) is 0 Å². The smallest absolute Gasteiger partial charge is 0.220 e. The van der Waals surface area contributed by atoms with Crippen molar-refractivity contribution in [2.75, 3.05) is 0 Å². The molecule has 3 rings (SSSR count). The van der Waals surface area contributed by atoms with Crippen LogP contribution in [0.1, 0.15) is 37.9 Å². The third-order valence-electron chi connectivity index (χ3n) is 3.88. The number of H-pyrrole nitrogens is 1. The number of tetrazole rings is 1. The fraction of sp³-hybridized carbons (Fsp3) is 0.818. The number of carbonyl (C=O) groups is 1. The van der Waals surface area contributed by atoms with Gasteiger partial charge >= 0.3 is 0 Å². The van der Waals surface area contributed by atoms with E-state index < -0.39 is 0 Å². The minimum atomic E-state index is 0.0890. The lowest BCUT2D eigenvalue weighted by atomic mass is 9.89. The second-order valence-corrected chi connectivity index (χ2v) is 5.28. The molecule has 0 spiro atoms. The molecule has 2 aliphatic rings. The summed E-state index contributed by atoms with van der Waals surface area (Å²) >= 11 is 0. The summed E-state index contributed by atoms with van der Waals surface area (Å²) in [5.41, 5.74) is 0. The molecule has 2 aliphatic heterocycles. The first-order valence-electron chi connectivity index (χ1n) is 6.54. The number of amides is 1. The van der Waals surface area contributed by atoms with Gasteiger partial charge in [-0.25, -0.2) is 0 Å². The maximum absolute atomic E-state index is 11.8. The van der Waals surface area contributed by atoms with Crippen LogP contribution in [0.5, 0.6) is 0 Å². The van der Waals surface area contributed by atoms with Gasteiger partial charge in [-0.15, -0.1) is 10.2 Å². The Balaban J connectivity index is 1.43. The van der Waals surface area contributed by atoms with E-state index in [1.54, 1.807) is 0 Å². The highest BCUT2D eigenvalue weighted by molar-refractivity contribution is 5.76. The Morgan fingerprint density at radius 2 is 2.11 bits per heavy atom. The Bertz CT molecular complexity index is 394. The second kappa shape index (κ2) is 5.01. The van der Waals surface area contributed by atoms with E-state index in [9.17, 15) is 4.79 Å². The monoisotopic (exact) mass is 250 g/mol. The summed E-state index contributed by atoms with van der Waals surface area (Å²) in [4.78, 5) is 11.8. The van der Waals surface area contributed by atoms with Gasteiger partial charge in [0.1, 0.15) is 0 Å². The van der Waals surface area contributed by atoms with Crippen LogP contribution in [0.3, 0.4) is 0 Å². The van der Waals surface area contributed by atoms with E-state index in [0.717, 1.165) is 12.8 Å². The van der Waals surface area contributed by atoms with E-state index in [2.05, 4.69) is 31.3 Å². The molecule has 1 amide bonds. The van der Waals surface area contributed by atoms with Crippen molar-refractivity contribution in [3.05, 3.63) is 5.82 Å². The first kappa shape index (κ1) is 11.6. The number of carbonyl (C=O) groups excluding carboxylic acids is 1. The molecule has 2 unspecified atom stereocenters. The molecule has 1 aromatic rings. The van der Waals surface area contributed by atoms with Crippen LogP contribution in [0.4, 0.5) is 0 Å². The predicted molar refractivity (Wildman–Crippen MR) is 63.3 cm³/mol. The van der Waals surface area contributed by atoms with Crippen molar-refractivity contribution >= 4 is 5.91 Å². The van der Waals surface area contributed by atoms with Gasteiger partial charge in [-0.1, -0.05) is 5.21 Å². The minimum Gasteiger partial charge on any atom is -0.349 e. The summed E-state index contributed by atoms with van der Waals surface area (Å²) in [6.45, 7) is 0.354. The van der Waals surface area contributed by atoms with Gasteiger partial charge in [0.2, 0.25) is 5.91 Å². The maximum atomic E-state index is 11.8. The summed E-state index contributed by atoms with van der Waals surface area (Å²) in [7, 11) is 0. The van der Waals surface area contributed by atoms with Crippen LogP contribution in [-0.4, -0.2) is 38.6 Å². The number of nitrogens with zero attached hydrogens (tertiary/aromatic N) is 3. The lowest BCUT2D eigenvalue weighted by Crippen LogP contribution is -2.39. The van der Waals surface area contributed by atoms with E-state index in [0.29, 0.717) is 36.8 Å². The summed E-state index contributed by atoms with van der Waals surface area (Å²) in [6.07, 6.45) is 5.42. The molecule has 2 atom stereocenters. The van der Waals surface area contributed by atoms with Gasteiger partial charge in [-0.2, -0.15) is 5.21 Å². The molecule has 7 nitrogen and oxygen atoms in total. The standard InChI is InChI=1S/C11H18N6O/c18-11(12-6-10-14-16-17-15-10)5-7-3-8-1-2-9(4-7)13-8/h7-9,13H,1-6H2,(H,12,18)(H,14,15,16,17). The number of aromatic nitrogens is 4. The highest BCUT2D eigenvalue weighted by Crippen LogP contribution is 2.32. The molecule has 18 heavy (non-hydrogen) atoms. The Kier molecular flexibility index (Phi) is 3.22. The quantitative estimate of drug-likeness (QED) is 0.684. The van der Waals surface area contributed by atoms with Crippen molar-refractivity contribution in [3.8, 4) is 0 Å². The average molecular weight is 250 g/mol. The topological polar surface area (TPSA) is 95.6 Å². The molecule has 0 aliphatic carbocycles. The summed E-state index contributed by atoms with van der Waals surface area (Å²) in [5.74, 6) is 1.13. The molecule has 7 heteroatoms. The van der Waals surface area contributed by atoms with Gasteiger partial charge in [0.15, 0.2) is 5.82 Å². The van der Waals surface area contributed by atoms with Crippen molar-refractivity contribution in [2.24, 2.45) is 5.92 Å². The van der Waals surface area contributed by atoms with Crippen molar-refractivity contribution in [1.29, 1.82) is 0 Å². The number of nitrogens with one attached hydrogen (secondary N) is 3. The van der Waals surface area contributed by atoms with Crippen LogP contribution >= 0.6 is 0 Å². The number of piperidine rings is 1. The van der Waals surface area contributed by atoms with E-state index in [4.69, 9.17) is 0 Å². The molecule has 2 saturated heterocycles. The zero-order valence-corrected chi connectivity index (χ0v) is 10.2. The van der Waals surface area contributed by atoms with Gasteiger partial charge in [0.05, 0.1) is 6.54 Å². The summed E-state index contributed by atoms with van der Waals surface area (Å²) in [6, 6.07) is 1.28. The highest BCUT2D eigenvalue weighted by atomic mass is 16.1. The van der Waals surface area contributed by atoms with Gasteiger partial charge in [0.25, 0.3) is 0 Å². The maximum Gasteiger partial charge on any atom is 0.220 e. The number of hydrogen-bond donors (Lipinski definition) is 3. The number of aromatic amines is 1. The lowest BCUT2D eigenvalue weighted by molar-refractivity contribution is -0.122.